The molecule has 0 aliphatic heterocycles. The van der Waals surface area contributed by atoms with Crippen LogP contribution in [0, 0.1) is 34.6 Å². The van der Waals surface area contributed by atoms with E-state index in [0.29, 0.717) is 62.6 Å². The van der Waals surface area contributed by atoms with Gasteiger partial charge in [0.25, 0.3) is 0 Å². The summed E-state index contributed by atoms with van der Waals surface area (Å²) in [4.78, 5) is 140. The predicted molar refractivity (Wildman–Crippen MR) is 302 cm³/mol. The molecular formula is C63H63N5O15. The molecule has 0 saturated heterocycles. The van der Waals surface area contributed by atoms with Crippen molar-refractivity contribution in [3.8, 4) is 0 Å². The number of benzene rings is 3. The predicted octanol–water partition coefficient (Wildman–Crippen LogP) is 10.6. The Morgan fingerprint density at radius 1 is 0.398 bits per heavy atom. The molecule has 5 heterocycles. The number of aromatic nitrogens is 5. The van der Waals surface area contributed by atoms with Gasteiger partial charge in [-0.25, -0.2) is 19.2 Å². The summed E-state index contributed by atoms with van der Waals surface area (Å²) in [5.41, 5.74) is 10.3. The molecule has 0 aliphatic rings. The van der Waals surface area contributed by atoms with Crippen molar-refractivity contribution in [3.05, 3.63) is 221 Å². The number of rotatable bonds is 19. The summed E-state index contributed by atoms with van der Waals surface area (Å²) in [5.74, 6) is -3.93. The lowest BCUT2D eigenvalue weighted by Gasteiger charge is -2.05. The van der Waals surface area contributed by atoms with E-state index in [1.165, 1.54) is 34.6 Å². The van der Waals surface area contributed by atoms with Crippen molar-refractivity contribution < 1.29 is 72.1 Å². The third-order valence-electron chi connectivity index (χ3n) is 13.2. The molecule has 3 aromatic carbocycles. The van der Waals surface area contributed by atoms with E-state index in [-0.39, 0.29) is 95.2 Å². The number of Topliss-reactive ketones (excluding diaryl/α,β-unsaturated/α-hetero) is 5. The maximum absolute atomic E-state index is 12.9. The van der Waals surface area contributed by atoms with Crippen LogP contribution < -0.4 is 0 Å². The average molecular weight is 1130 g/mol. The summed E-state index contributed by atoms with van der Waals surface area (Å²) >= 11 is 0. The lowest BCUT2D eigenvalue weighted by atomic mass is 10.0. The lowest BCUT2D eigenvalue weighted by Crippen LogP contribution is -2.10. The van der Waals surface area contributed by atoms with Crippen LogP contribution >= 0.6 is 0 Å². The Morgan fingerprint density at radius 2 is 0.735 bits per heavy atom. The van der Waals surface area contributed by atoms with Gasteiger partial charge in [0.05, 0.1) is 16.7 Å². The fraction of sp³-hybridized carbons (Fsp3) is 0.238. The monoisotopic (exact) mass is 1130 g/mol. The minimum absolute atomic E-state index is 0.0526. The zero-order valence-corrected chi connectivity index (χ0v) is 47.5. The molecule has 0 amide bonds. The molecule has 20 nitrogen and oxygen atoms in total. The van der Waals surface area contributed by atoms with E-state index in [0.717, 1.165) is 27.8 Å². The van der Waals surface area contributed by atoms with Crippen LogP contribution in [-0.4, -0.2) is 89.0 Å². The van der Waals surface area contributed by atoms with Crippen LogP contribution in [0.5, 0.6) is 0 Å². The number of aromatic amines is 5. The van der Waals surface area contributed by atoms with Gasteiger partial charge in [-0.05, 0) is 114 Å². The molecule has 20 heteroatoms. The Bertz CT molecular complexity index is 3730. The van der Waals surface area contributed by atoms with Crippen molar-refractivity contribution >= 4 is 58.9 Å². The first-order valence-corrected chi connectivity index (χ1v) is 25.8. The second-order valence-electron chi connectivity index (χ2n) is 19.2. The summed E-state index contributed by atoms with van der Waals surface area (Å²) in [6.45, 7) is 16.2. The molecule has 0 unspecified atom stereocenters. The van der Waals surface area contributed by atoms with Crippen molar-refractivity contribution in [3.63, 3.8) is 0 Å². The molecule has 8 rings (SSSR count). The molecule has 6 N–H and O–H groups in total. The SMILES string of the molecule is CC(=O)c1c(C)c[nH]c1C(=O)OCc1ccccc1.CC(=O)c1c(C)c[nH]c1Cc1[nH]c(C(=O)O)c(C(C)=O)c1C.CC(=O)c1c(Cc2[nH]c(C(=O)OCc3ccccc3)c(C(C)=O)c2C)[nH]c(C(=O)OCc2ccccc2)c1C.O=C=O. The van der Waals surface area contributed by atoms with Gasteiger partial charge in [-0.1, -0.05) is 91.0 Å². The number of esters is 3. The van der Waals surface area contributed by atoms with Crippen LogP contribution in [0.4, 0.5) is 0 Å². The summed E-state index contributed by atoms with van der Waals surface area (Å²) in [6.07, 6.45) is 4.12. The molecule has 0 saturated carbocycles. The fourth-order valence-corrected chi connectivity index (χ4v) is 9.39. The van der Waals surface area contributed by atoms with Crippen LogP contribution in [0.2, 0.25) is 0 Å². The van der Waals surface area contributed by atoms with Crippen molar-refractivity contribution in [1.29, 1.82) is 0 Å². The van der Waals surface area contributed by atoms with Gasteiger partial charge in [-0.2, -0.15) is 9.59 Å². The van der Waals surface area contributed by atoms with Crippen molar-refractivity contribution in [1.82, 2.24) is 24.9 Å². The largest absolute Gasteiger partial charge is 0.477 e. The molecule has 8 aromatic rings. The maximum Gasteiger partial charge on any atom is 0.373 e. The number of carbonyl (C=O) groups is 9. The van der Waals surface area contributed by atoms with E-state index < -0.39 is 23.9 Å². The van der Waals surface area contributed by atoms with Crippen LogP contribution in [0.3, 0.4) is 0 Å². The molecular weight excluding hydrogens is 1070 g/mol. The standard InChI is InChI=1S/C31H30N2O6.C16H18N2O4.C15H15NO3.CO2/c1-18-24(32-29(27(18)21(4)35)31(37)39-17-23-13-9-6-10-14-23)15-25-26(20(3)34)19(2)28(33-25)30(36)38-16-22-11-7-5-8-12-22;1-7-6-17-12(13(7)9(3)19)5-11-8(2)14(10(4)20)15(18-11)16(21)22;1-10-8-16-14(13(10)11(2)17)15(18)19-9-12-6-4-3-5-7-12;2-1-3/h5-14,32-33H,15-17H2,1-4H3;6,17-18H,5H2,1-4H3,(H,21,22);3-8,16H,9H2,1-2H3;. The lowest BCUT2D eigenvalue weighted by molar-refractivity contribution is -0.191. The highest BCUT2D eigenvalue weighted by atomic mass is 16.5. The van der Waals surface area contributed by atoms with Crippen LogP contribution in [-0.2, 0) is 56.5 Å². The van der Waals surface area contributed by atoms with Crippen molar-refractivity contribution in [2.75, 3.05) is 0 Å². The first-order valence-electron chi connectivity index (χ1n) is 25.8. The Hall–Kier alpha value is -10.3. The number of hydrogen-bond acceptors (Lipinski definition) is 14. The number of aromatic carboxylic acids is 1. The summed E-state index contributed by atoms with van der Waals surface area (Å²) in [5, 5.41) is 9.22. The van der Waals surface area contributed by atoms with Crippen LogP contribution in [0.25, 0.3) is 0 Å². The molecule has 0 radical (unpaired) electrons. The number of ether oxygens (including phenoxy) is 3. The van der Waals surface area contributed by atoms with Gasteiger partial charge in [0, 0.05) is 59.1 Å². The number of aryl methyl sites for hydroxylation is 2. The Kier molecular flexibility index (Phi) is 22.4. The highest BCUT2D eigenvalue weighted by Crippen LogP contribution is 2.28. The van der Waals surface area contributed by atoms with E-state index in [2.05, 4.69) is 24.9 Å². The highest BCUT2D eigenvalue weighted by molar-refractivity contribution is 6.07. The van der Waals surface area contributed by atoms with Gasteiger partial charge in [0.1, 0.15) is 42.6 Å². The van der Waals surface area contributed by atoms with Crippen LogP contribution in [0.15, 0.2) is 103 Å². The number of carbonyl (C=O) groups excluding carboxylic acids is 10. The fourth-order valence-electron chi connectivity index (χ4n) is 9.39. The van der Waals surface area contributed by atoms with Gasteiger partial charge < -0.3 is 44.2 Å². The quantitative estimate of drug-likeness (QED) is 0.0249. The van der Waals surface area contributed by atoms with E-state index in [1.54, 1.807) is 40.1 Å². The Balaban J connectivity index is 0.000000242. The molecule has 0 aliphatic carbocycles. The van der Waals surface area contributed by atoms with E-state index in [1.807, 2.05) is 97.9 Å². The number of carboxylic acids is 1. The van der Waals surface area contributed by atoms with E-state index in [9.17, 15) is 48.3 Å². The second kappa shape index (κ2) is 29.2. The zero-order chi connectivity index (χ0) is 61.2. The Morgan fingerprint density at radius 3 is 1.13 bits per heavy atom. The highest BCUT2D eigenvalue weighted by Gasteiger charge is 2.29. The summed E-state index contributed by atoms with van der Waals surface area (Å²) in [7, 11) is 0. The number of H-pyrrole nitrogens is 5. The molecule has 5 aromatic heterocycles. The normalized spacial score (nSPS) is 10.3. The van der Waals surface area contributed by atoms with E-state index >= 15 is 0 Å². The number of ketones is 5. The zero-order valence-electron chi connectivity index (χ0n) is 47.5. The van der Waals surface area contributed by atoms with Gasteiger partial charge in [-0.15, -0.1) is 0 Å². The van der Waals surface area contributed by atoms with Gasteiger partial charge in [0.15, 0.2) is 28.9 Å². The van der Waals surface area contributed by atoms with Gasteiger partial charge >= 0.3 is 30.0 Å². The molecule has 430 valence electrons. The first kappa shape index (κ1) is 63.5. The number of carboxylic acid groups (broad SMARTS) is 1. The topological polar surface area (TPSA) is 315 Å². The van der Waals surface area contributed by atoms with Crippen molar-refractivity contribution in [2.45, 2.75) is 102 Å². The van der Waals surface area contributed by atoms with Gasteiger partial charge in [0.2, 0.25) is 0 Å². The third-order valence-corrected chi connectivity index (χ3v) is 13.2. The summed E-state index contributed by atoms with van der Waals surface area (Å²) < 4.78 is 16.1. The smallest absolute Gasteiger partial charge is 0.373 e. The molecule has 0 spiro atoms. The molecule has 0 fully saturated rings. The number of nitrogens with one attached hydrogen (secondary N) is 5. The van der Waals surface area contributed by atoms with E-state index in [4.69, 9.17) is 23.8 Å². The number of hydrogen-bond donors (Lipinski definition) is 6. The van der Waals surface area contributed by atoms with Crippen molar-refractivity contribution in [2.24, 2.45) is 0 Å². The maximum atomic E-state index is 12.9. The van der Waals surface area contributed by atoms with Gasteiger partial charge in [-0.3, -0.25) is 24.0 Å². The second-order valence-corrected chi connectivity index (χ2v) is 19.2. The first-order chi connectivity index (χ1) is 39.4. The minimum atomic E-state index is -1.17. The minimum Gasteiger partial charge on any atom is -0.477 e. The third kappa shape index (κ3) is 16.2. The molecule has 0 bridgehead atoms. The summed E-state index contributed by atoms with van der Waals surface area (Å²) in [6, 6.07) is 27.9. The average Bonchev–Trinajstić information content (AvgIpc) is 4.48. The van der Waals surface area contributed by atoms with Crippen LogP contribution in [0.1, 0.15) is 196 Å². The molecule has 83 heavy (non-hydrogen) atoms. The Labute approximate surface area is 477 Å². The molecule has 0 atom stereocenters.